The Morgan fingerprint density at radius 2 is 2.10 bits per heavy atom. The average molecular weight is 271 g/mol. The number of hydrogen-bond donors (Lipinski definition) is 1. The third-order valence-corrected chi connectivity index (χ3v) is 2.65. The van der Waals surface area contributed by atoms with Gasteiger partial charge in [-0.05, 0) is 12.1 Å². The zero-order valence-electron chi connectivity index (χ0n) is 10.6. The Kier molecular flexibility index (Phi) is 3.42. The first-order chi connectivity index (χ1) is 9.85. The molecule has 1 aromatic carbocycles. The van der Waals surface area contributed by atoms with Crippen molar-refractivity contribution in [2.45, 2.75) is 13.2 Å². The summed E-state index contributed by atoms with van der Waals surface area (Å²) in [6.07, 6.45) is 1.59. The number of nitrogens with two attached hydrogens (primary N) is 1. The minimum Gasteiger partial charge on any atom is -0.454 e. The maximum Gasteiger partial charge on any atom is 0.336 e. The lowest BCUT2D eigenvalue weighted by molar-refractivity contribution is 0.232. The molecule has 0 saturated carbocycles. The Hall–Kier alpha value is -2.67. The number of aromatic nitrogens is 4. The molecule has 3 aromatic rings. The first-order valence-electron chi connectivity index (χ1n) is 6.09. The van der Waals surface area contributed by atoms with Gasteiger partial charge in [-0.25, -0.2) is 4.68 Å². The van der Waals surface area contributed by atoms with E-state index in [4.69, 9.17) is 15.0 Å². The Morgan fingerprint density at radius 1 is 1.25 bits per heavy atom. The third-order valence-electron chi connectivity index (χ3n) is 2.65. The van der Waals surface area contributed by atoms with Gasteiger partial charge in [0.15, 0.2) is 12.4 Å². The monoisotopic (exact) mass is 271 g/mol. The topological polar surface area (TPSA) is 92.0 Å². The van der Waals surface area contributed by atoms with E-state index < -0.39 is 0 Å². The van der Waals surface area contributed by atoms with Gasteiger partial charge in [0.25, 0.3) is 0 Å². The second kappa shape index (κ2) is 5.54. The third kappa shape index (κ3) is 2.67. The summed E-state index contributed by atoms with van der Waals surface area (Å²) in [5.74, 6) is 0.585. The van der Waals surface area contributed by atoms with Crippen LogP contribution < -0.4 is 10.5 Å². The van der Waals surface area contributed by atoms with Crippen LogP contribution in [0.2, 0.25) is 0 Å². The van der Waals surface area contributed by atoms with Crippen LogP contribution in [-0.4, -0.2) is 19.9 Å². The summed E-state index contributed by atoms with van der Waals surface area (Å²) in [7, 11) is 0. The van der Waals surface area contributed by atoms with Crippen molar-refractivity contribution < 1.29 is 9.26 Å². The SMILES string of the molecule is NCc1cc(COc2ncn(-c3ccccc3)n2)on1. The fourth-order valence-electron chi connectivity index (χ4n) is 1.67. The van der Waals surface area contributed by atoms with Crippen LogP contribution in [0.1, 0.15) is 11.5 Å². The Balaban J connectivity index is 1.65. The largest absolute Gasteiger partial charge is 0.454 e. The molecule has 0 spiro atoms. The molecule has 102 valence electrons. The quantitative estimate of drug-likeness (QED) is 0.751. The molecule has 0 saturated heterocycles. The Labute approximate surface area is 115 Å². The molecular weight excluding hydrogens is 258 g/mol. The molecule has 2 N–H and O–H groups in total. The smallest absolute Gasteiger partial charge is 0.336 e. The fraction of sp³-hybridized carbons (Fsp3) is 0.154. The minimum atomic E-state index is 0.214. The van der Waals surface area contributed by atoms with E-state index in [0.29, 0.717) is 18.0 Å². The molecule has 0 aliphatic heterocycles. The molecule has 0 bridgehead atoms. The van der Waals surface area contributed by atoms with Gasteiger partial charge in [-0.1, -0.05) is 23.4 Å². The first-order valence-corrected chi connectivity index (χ1v) is 6.09. The number of nitrogens with zero attached hydrogens (tertiary/aromatic N) is 4. The van der Waals surface area contributed by atoms with Gasteiger partial charge < -0.3 is 15.0 Å². The van der Waals surface area contributed by atoms with Crippen LogP contribution in [-0.2, 0) is 13.2 Å². The van der Waals surface area contributed by atoms with E-state index in [1.165, 1.54) is 0 Å². The standard InChI is InChI=1S/C13H13N5O2/c14-7-10-6-12(20-17-10)8-19-13-15-9-18(16-13)11-4-2-1-3-5-11/h1-6,9H,7-8,14H2. The average Bonchev–Trinajstić information content (AvgIpc) is 3.15. The van der Waals surface area contributed by atoms with Gasteiger partial charge >= 0.3 is 6.01 Å². The maximum atomic E-state index is 5.45. The van der Waals surface area contributed by atoms with Crippen LogP contribution in [0.15, 0.2) is 47.2 Å². The van der Waals surface area contributed by atoms with E-state index in [1.807, 2.05) is 30.3 Å². The summed E-state index contributed by atoms with van der Waals surface area (Å²) >= 11 is 0. The molecule has 0 aliphatic carbocycles. The van der Waals surface area contributed by atoms with E-state index in [1.54, 1.807) is 17.1 Å². The van der Waals surface area contributed by atoms with Crippen molar-refractivity contribution in [2.24, 2.45) is 5.73 Å². The van der Waals surface area contributed by atoms with Crippen LogP contribution in [0.3, 0.4) is 0 Å². The van der Waals surface area contributed by atoms with Crippen molar-refractivity contribution in [1.29, 1.82) is 0 Å². The number of ether oxygens (including phenoxy) is 1. The van der Waals surface area contributed by atoms with Crippen LogP contribution in [0.25, 0.3) is 5.69 Å². The molecule has 7 heteroatoms. The van der Waals surface area contributed by atoms with E-state index in [-0.39, 0.29) is 12.6 Å². The van der Waals surface area contributed by atoms with Crippen molar-refractivity contribution in [3.63, 3.8) is 0 Å². The molecule has 20 heavy (non-hydrogen) atoms. The second-order valence-corrected chi connectivity index (χ2v) is 4.08. The lowest BCUT2D eigenvalue weighted by Crippen LogP contribution is -1.98. The summed E-state index contributed by atoms with van der Waals surface area (Å²) in [5, 5.41) is 7.99. The van der Waals surface area contributed by atoms with Gasteiger partial charge in [-0.3, -0.25) is 0 Å². The van der Waals surface area contributed by atoms with Gasteiger partial charge in [-0.2, -0.15) is 4.98 Å². The number of para-hydroxylation sites is 1. The first kappa shape index (κ1) is 12.4. The zero-order valence-corrected chi connectivity index (χ0v) is 10.6. The van der Waals surface area contributed by atoms with Crippen molar-refractivity contribution >= 4 is 0 Å². The van der Waals surface area contributed by atoms with Crippen LogP contribution in [0, 0.1) is 0 Å². The van der Waals surface area contributed by atoms with Gasteiger partial charge in [0, 0.05) is 12.6 Å². The number of hydrogen-bond acceptors (Lipinski definition) is 6. The molecular formula is C13H13N5O2. The predicted octanol–water partition coefficient (Wildman–Crippen LogP) is 1.29. The summed E-state index contributed by atoms with van der Waals surface area (Å²) in [6, 6.07) is 11.7. The van der Waals surface area contributed by atoms with Crippen molar-refractivity contribution in [2.75, 3.05) is 0 Å². The molecule has 2 heterocycles. The molecule has 2 aromatic heterocycles. The highest BCUT2D eigenvalue weighted by molar-refractivity contribution is 5.29. The van der Waals surface area contributed by atoms with E-state index in [9.17, 15) is 0 Å². The van der Waals surface area contributed by atoms with Crippen LogP contribution in [0.4, 0.5) is 0 Å². The number of benzene rings is 1. The van der Waals surface area contributed by atoms with Crippen LogP contribution in [0.5, 0.6) is 6.01 Å². The lowest BCUT2D eigenvalue weighted by Gasteiger charge is -1.98. The van der Waals surface area contributed by atoms with E-state index in [0.717, 1.165) is 5.69 Å². The molecule has 0 atom stereocenters. The number of rotatable bonds is 5. The fourth-order valence-corrected chi connectivity index (χ4v) is 1.67. The highest BCUT2D eigenvalue weighted by Crippen LogP contribution is 2.10. The van der Waals surface area contributed by atoms with E-state index in [2.05, 4.69) is 15.2 Å². The maximum absolute atomic E-state index is 5.45. The van der Waals surface area contributed by atoms with Gasteiger partial charge in [-0.15, -0.1) is 5.10 Å². The van der Waals surface area contributed by atoms with Gasteiger partial charge in [0.05, 0.1) is 11.4 Å². The molecule has 0 radical (unpaired) electrons. The summed E-state index contributed by atoms with van der Waals surface area (Å²) < 4.78 is 12.1. The Bertz CT molecular complexity index is 677. The van der Waals surface area contributed by atoms with E-state index >= 15 is 0 Å². The highest BCUT2D eigenvalue weighted by atomic mass is 16.5. The molecule has 0 aliphatic rings. The van der Waals surface area contributed by atoms with Crippen molar-refractivity contribution in [1.82, 2.24) is 19.9 Å². The summed E-state index contributed by atoms with van der Waals surface area (Å²) in [6.45, 7) is 0.552. The van der Waals surface area contributed by atoms with Crippen LogP contribution >= 0.6 is 0 Å². The van der Waals surface area contributed by atoms with Gasteiger partial charge in [0.1, 0.15) is 6.33 Å². The van der Waals surface area contributed by atoms with Gasteiger partial charge in [0.2, 0.25) is 0 Å². The highest BCUT2D eigenvalue weighted by Gasteiger charge is 2.07. The molecule has 0 unspecified atom stereocenters. The molecule has 3 rings (SSSR count). The summed E-state index contributed by atoms with van der Waals surface area (Å²) in [5.41, 5.74) is 7.05. The van der Waals surface area contributed by atoms with Crippen molar-refractivity contribution in [3.05, 3.63) is 54.2 Å². The minimum absolute atomic E-state index is 0.214. The molecule has 7 nitrogen and oxygen atoms in total. The molecule has 0 amide bonds. The second-order valence-electron chi connectivity index (χ2n) is 4.08. The normalized spacial score (nSPS) is 10.7. The zero-order chi connectivity index (χ0) is 13.8. The molecule has 0 fully saturated rings. The van der Waals surface area contributed by atoms with Crippen molar-refractivity contribution in [3.8, 4) is 11.7 Å². The Morgan fingerprint density at radius 3 is 2.85 bits per heavy atom. The predicted molar refractivity (Wildman–Crippen MR) is 70.1 cm³/mol. The lowest BCUT2D eigenvalue weighted by atomic mass is 10.3. The summed E-state index contributed by atoms with van der Waals surface area (Å²) in [4.78, 5) is 4.08.